The van der Waals surface area contributed by atoms with Crippen LogP contribution in [0.3, 0.4) is 0 Å². The molecule has 34 heavy (non-hydrogen) atoms. The molecule has 9 heteroatoms. The van der Waals surface area contributed by atoms with Gasteiger partial charge >= 0.3 is 12.2 Å². The number of hydrogen-bond acceptors (Lipinski definition) is 6. The molecule has 0 unspecified atom stereocenters. The van der Waals surface area contributed by atoms with Crippen molar-refractivity contribution in [2.75, 3.05) is 13.6 Å². The topological polar surface area (TPSA) is 115 Å². The van der Waals surface area contributed by atoms with Gasteiger partial charge in [-0.1, -0.05) is 36.4 Å². The lowest BCUT2D eigenvalue weighted by Gasteiger charge is -2.23. The summed E-state index contributed by atoms with van der Waals surface area (Å²) >= 11 is 0. The number of nitrogens with one attached hydrogen (secondary N) is 3. The quantitative estimate of drug-likeness (QED) is 0.515. The lowest BCUT2D eigenvalue weighted by atomic mass is 10.0. The molecule has 1 atom stereocenters. The summed E-state index contributed by atoms with van der Waals surface area (Å²) in [6.07, 6.45) is -1.19. The van der Waals surface area contributed by atoms with Gasteiger partial charge in [-0.25, -0.2) is 9.59 Å². The number of hydrogen-bond donors (Lipinski definition) is 3. The zero-order valence-electron chi connectivity index (χ0n) is 20.3. The lowest BCUT2D eigenvalue weighted by Crippen LogP contribution is -2.48. The van der Waals surface area contributed by atoms with E-state index in [0.29, 0.717) is 17.9 Å². The molecule has 0 aliphatic rings. The second-order valence-electron chi connectivity index (χ2n) is 8.49. The van der Waals surface area contributed by atoms with E-state index in [1.54, 1.807) is 45.9 Å². The van der Waals surface area contributed by atoms with E-state index in [1.807, 2.05) is 30.3 Å². The molecule has 9 nitrogen and oxygen atoms in total. The zero-order valence-corrected chi connectivity index (χ0v) is 20.3. The van der Waals surface area contributed by atoms with E-state index in [2.05, 4.69) is 16.0 Å². The Morgan fingerprint density at radius 3 is 2.26 bits per heavy atom. The summed E-state index contributed by atoms with van der Waals surface area (Å²) in [5.41, 5.74) is 0.899. The van der Waals surface area contributed by atoms with Gasteiger partial charge in [0.2, 0.25) is 5.91 Å². The third-order valence-electron chi connectivity index (χ3n) is 4.46. The summed E-state index contributed by atoms with van der Waals surface area (Å²) < 4.78 is 16.6. The van der Waals surface area contributed by atoms with Gasteiger partial charge in [-0.2, -0.15) is 0 Å². The van der Waals surface area contributed by atoms with Gasteiger partial charge in [0.25, 0.3) is 0 Å². The molecule has 0 spiro atoms. The summed E-state index contributed by atoms with van der Waals surface area (Å²) in [6.45, 7) is 7.67. The maximum Gasteiger partial charge on any atom is 0.412 e. The van der Waals surface area contributed by atoms with Crippen LogP contribution in [-0.2, 0) is 22.6 Å². The molecular formula is C25H33N3O6. The zero-order chi connectivity index (χ0) is 25.1. The normalized spacial score (nSPS) is 11.7. The van der Waals surface area contributed by atoms with Gasteiger partial charge in [-0.05, 0) is 51.0 Å². The molecule has 3 N–H and O–H groups in total. The van der Waals surface area contributed by atoms with Crippen molar-refractivity contribution >= 4 is 18.1 Å². The van der Waals surface area contributed by atoms with Gasteiger partial charge in [0.05, 0.1) is 0 Å². The van der Waals surface area contributed by atoms with E-state index in [1.165, 1.54) is 7.05 Å². The van der Waals surface area contributed by atoms with Crippen molar-refractivity contribution in [3.63, 3.8) is 0 Å². The molecule has 0 radical (unpaired) electrons. The van der Waals surface area contributed by atoms with Gasteiger partial charge in [0, 0.05) is 20.0 Å². The van der Waals surface area contributed by atoms with Gasteiger partial charge in [0.1, 0.15) is 18.2 Å². The van der Waals surface area contributed by atoms with Crippen molar-refractivity contribution in [3.05, 3.63) is 59.7 Å². The van der Waals surface area contributed by atoms with E-state index >= 15 is 0 Å². The van der Waals surface area contributed by atoms with Crippen molar-refractivity contribution < 1.29 is 28.6 Å². The van der Waals surface area contributed by atoms with Crippen LogP contribution in [0, 0.1) is 0 Å². The summed E-state index contributed by atoms with van der Waals surface area (Å²) in [5.74, 6) is 0.184. The molecule has 0 fully saturated rings. The number of amides is 3. The van der Waals surface area contributed by atoms with Crippen LogP contribution in [0.2, 0.25) is 0 Å². The van der Waals surface area contributed by atoms with Gasteiger partial charge in [0.15, 0.2) is 11.5 Å². The molecule has 0 saturated carbocycles. The van der Waals surface area contributed by atoms with Crippen molar-refractivity contribution in [3.8, 4) is 11.5 Å². The predicted molar refractivity (Wildman–Crippen MR) is 128 cm³/mol. The maximum absolute atomic E-state index is 12.4. The first-order chi connectivity index (χ1) is 16.1. The molecular weight excluding hydrogens is 438 g/mol. The van der Waals surface area contributed by atoms with Crippen LogP contribution in [0.5, 0.6) is 11.5 Å². The molecule has 0 aliphatic heterocycles. The molecule has 2 rings (SSSR count). The fourth-order valence-electron chi connectivity index (χ4n) is 2.96. The first-order valence-corrected chi connectivity index (χ1v) is 11.1. The highest BCUT2D eigenvalue weighted by atomic mass is 16.6. The Morgan fingerprint density at radius 1 is 0.941 bits per heavy atom. The molecule has 3 amide bonds. The van der Waals surface area contributed by atoms with Crippen LogP contribution in [0.15, 0.2) is 48.5 Å². The lowest BCUT2D eigenvalue weighted by molar-refractivity contribution is -0.122. The Hall–Kier alpha value is -3.75. The third-order valence-corrected chi connectivity index (χ3v) is 4.46. The highest BCUT2D eigenvalue weighted by molar-refractivity contribution is 5.85. The predicted octanol–water partition coefficient (Wildman–Crippen LogP) is 3.56. The van der Waals surface area contributed by atoms with Crippen LogP contribution in [0.1, 0.15) is 38.8 Å². The average molecular weight is 472 g/mol. The summed E-state index contributed by atoms with van der Waals surface area (Å²) in [4.78, 5) is 36.7. The van der Waals surface area contributed by atoms with Crippen LogP contribution >= 0.6 is 0 Å². The van der Waals surface area contributed by atoms with Crippen molar-refractivity contribution in [1.82, 2.24) is 16.0 Å². The van der Waals surface area contributed by atoms with Crippen LogP contribution < -0.4 is 25.4 Å². The summed E-state index contributed by atoms with van der Waals surface area (Å²) in [6, 6.07) is 13.7. The van der Waals surface area contributed by atoms with E-state index in [9.17, 15) is 14.4 Å². The van der Waals surface area contributed by atoms with E-state index in [0.717, 1.165) is 5.56 Å². The van der Waals surface area contributed by atoms with Crippen LogP contribution in [0.4, 0.5) is 9.59 Å². The standard InChI is InChI=1S/C25H33N3O6/c1-6-27-23(30)33-21-15-18(12-13-20(21)32-16-17-10-8-7-9-11-17)14-19(22(29)26-5)28-24(31)34-25(2,3)4/h7-13,15,19H,6,14,16H2,1-5H3,(H,26,29)(H,27,30)(H,28,31)/t19-/m0/s1. The highest BCUT2D eigenvalue weighted by Crippen LogP contribution is 2.30. The Labute approximate surface area is 200 Å². The maximum atomic E-state index is 12.4. The minimum absolute atomic E-state index is 0.142. The third kappa shape index (κ3) is 9.01. The Morgan fingerprint density at radius 2 is 1.65 bits per heavy atom. The second kappa shape index (κ2) is 12.5. The van der Waals surface area contributed by atoms with E-state index in [-0.39, 0.29) is 24.7 Å². The minimum atomic E-state index is -0.895. The van der Waals surface area contributed by atoms with Gasteiger partial charge in [-0.15, -0.1) is 0 Å². The number of carbonyl (C=O) groups is 3. The monoisotopic (exact) mass is 471 g/mol. The Balaban J connectivity index is 2.23. The number of rotatable bonds is 9. The first-order valence-electron chi connectivity index (χ1n) is 11.1. The minimum Gasteiger partial charge on any atom is -0.485 e. The fraction of sp³-hybridized carbons (Fsp3) is 0.400. The molecule has 2 aromatic carbocycles. The highest BCUT2D eigenvalue weighted by Gasteiger charge is 2.24. The first kappa shape index (κ1) is 26.5. The van der Waals surface area contributed by atoms with Gasteiger partial charge in [-0.3, -0.25) is 4.79 Å². The van der Waals surface area contributed by atoms with Crippen LogP contribution in [0.25, 0.3) is 0 Å². The van der Waals surface area contributed by atoms with Crippen LogP contribution in [-0.4, -0.2) is 43.3 Å². The molecule has 0 heterocycles. The Bertz CT molecular complexity index is 972. The Kier molecular flexibility index (Phi) is 9.73. The van der Waals surface area contributed by atoms with Crippen molar-refractivity contribution in [2.24, 2.45) is 0 Å². The van der Waals surface area contributed by atoms with E-state index in [4.69, 9.17) is 14.2 Å². The number of carbonyl (C=O) groups excluding carboxylic acids is 3. The molecule has 0 saturated heterocycles. The number of likely N-dealkylation sites (N-methyl/N-ethyl adjacent to an activating group) is 1. The smallest absolute Gasteiger partial charge is 0.412 e. The molecule has 2 aromatic rings. The van der Waals surface area contributed by atoms with Crippen molar-refractivity contribution in [2.45, 2.75) is 52.4 Å². The molecule has 184 valence electrons. The van der Waals surface area contributed by atoms with Crippen molar-refractivity contribution in [1.29, 1.82) is 0 Å². The summed E-state index contributed by atoms with van der Waals surface area (Å²) in [7, 11) is 1.48. The summed E-state index contributed by atoms with van der Waals surface area (Å²) in [5, 5.41) is 7.70. The van der Waals surface area contributed by atoms with Gasteiger partial charge < -0.3 is 30.2 Å². The number of benzene rings is 2. The number of alkyl carbamates (subject to hydrolysis) is 1. The fourth-order valence-corrected chi connectivity index (χ4v) is 2.96. The molecule has 0 aromatic heterocycles. The SMILES string of the molecule is CCNC(=O)Oc1cc(C[C@H](NC(=O)OC(C)(C)C)C(=O)NC)ccc1OCc1ccccc1. The average Bonchev–Trinajstić information content (AvgIpc) is 2.77. The second-order valence-corrected chi connectivity index (χ2v) is 8.49. The molecule has 0 bridgehead atoms. The molecule has 0 aliphatic carbocycles. The number of ether oxygens (including phenoxy) is 3. The van der Waals surface area contributed by atoms with E-state index < -0.39 is 23.8 Å². The largest absolute Gasteiger partial charge is 0.485 e.